The van der Waals surface area contributed by atoms with E-state index >= 15 is 0 Å². The summed E-state index contributed by atoms with van der Waals surface area (Å²) in [5.74, 6) is 1.84. The molecular weight excluding hydrogens is 392 g/mol. The summed E-state index contributed by atoms with van der Waals surface area (Å²) in [6, 6.07) is 13.4. The van der Waals surface area contributed by atoms with Gasteiger partial charge in [-0.3, -0.25) is 4.98 Å². The van der Waals surface area contributed by atoms with Crippen LogP contribution in [0.2, 0.25) is 0 Å². The molecule has 158 valence electrons. The molecule has 1 N–H and O–H groups in total. The lowest BCUT2D eigenvalue weighted by Crippen LogP contribution is -2.19. The van der Waals surface area contributed by atoms with Crippen LogP contribution in [0.4, 0.5) is 8.78 Å². The second-order valence-electron chi connectivity index (χ2n) is 8.65. The lowest BCUT2D eigenvalue weighted by atomic mass is 9.73. The first-order valence-corrected chi connectivity index (χ1v) is 10.9. The van der Waals surface area contributed by atoms with Gasteiger partial charge in [-0.15, -0.1) is 0 Å². The maximum absolute atomic E-state index is 13.8. The van der Waals surface area contributed by atoms with Crippen molar-refractivity contribution in [2.45, 2.75) is 44.4 Å². The summed E-state index contributed by atoms with van der Waals surface area (Å²) in [6.45, 7) is 2.23. The molecule has 1 unspecified atom stereocenters. The Labute approximate surface area is 180 Å². The number of aromatic amines is 1. The van der Waals surface area contributed by atoms with Crippen molar-refractivity contribution < 1.29 is 8.78 Å². The first-order chi connectivity index (χ1) is 15.1. The third kappa shape index (κ3) is 3.97. The SMILES string of the molecule is CC(c1ncc(-c2ccc(F)cc2)[nH]1)[C@H]1CC[C@@H](c2ccnc3ccc(F)cc32)CC1. The molecule has 2 aromatic carbocycles. The van der Waals surface area contributed by atoms with Gasteiger partial charge in [0.05, 0.1) is 17.4 Å². The van der Waals surface area contributed by atoms with Gasteiger partial charge in [0.2, 0.25) is 0 Å². The summed E-state index contributed by atoms with van der Waals surface area (Å²) < 4.78 is 27.0. The van der Waals surface area contributed by atoms with Gasteiger partial charge in [0.1, 0.15) is 17.5 Å². The van der Waals surface area contributed by atoms with Crippen LogP contribution in [0.5, 0.6) is 0 Å². The molecule has 3 nitrogen and oxygen atoms in total. The van der Waals surface area contributed by atoms with Crippen LogP contribution in [-0.4, -0.2) is 15.0 Å². The van der Waals surface area contributed by atoms with Crippen molar-refractivity contribution in [1.82, 2.24) is 15.0 Å². The minimum absolute atomic E-state index is 0.209. The largest absolute Gasteiger partial charge is 0.342 e. The fraction of sp³-hybridized carbons (Fsp3) is 0.308. The Morgan fingerprint density at radius 1 is 0.903 bits per heavy atom. The van der Waals surface area contributed by atoms with E-state index in [9.17, 15) is 8.78 Å². The molecule has 0 aliphatic heterocycles. The van der Waals surface area contributed by atoms with Gasteiger partial charge >= 0.3 is 0 Å². The molecule has 0 saturated heterocycles. The fourth-order valence-corrected chi connectivity index (χ4v) is 4.99. The number of imidazole rings is 1. The third-order valence-electron chi connectivity index (χ3n) is 6.84. The average molecular weight is 418 g/mol. The fourth-order valence-electron chi connectivity index (χ4n) is 4.99. The summed E-state index contributed by atoms with van der Waals surface area (Å²) in [4.78, 5) is 12.4. The minimum atomic E-state index is -0.238. The molecule has 0 amide bonds. The number of benzene rings is 2. The Bertz CT molecular complexity index is 1190. The number of H-pyrrole nitrogens is 1. The number of halogens is 2. The molecule has 2 heterocycles. The van der Waals surface area contributed by atoms with E-state index in [1.807, 2.05) is 12.4 Å². The quantitative estimate of drug-likeness (QED) is 0.389. The summed E-state index contributed by atoms with van der Waals surface area (Å²) in [5, 5.41) is 0.939. The molecule has 1 fully saturated rings. The Balaban J connectivity index is 1.29. The molecule has 5 rings (SSSR count). The second kappa shape index (κ2) is 8.22. The number of nitrogens with one attached hydrogen (secondary N) is 1. The predicted octanol–water partition coefficient (Wildman–Crippen LogP) is 6.98. The van der Waals surface area contributed by atoms with Gasteiger partial charge in [0.25, 0.3) is 0 Å². The van der Waals surface area contributed by atoms with Crippen LogP contribution >= 0.6 is 0 Å². The summed E-state index contributed by atoms with van der Waals surface area (Å²) in [6.07, 6.45) is 8.05. The zero-order chi connectivity index (χ0) is 21.4. The summed E-state index contributed by atoms with van der Waals surface area (Å²) in [5.41, 5.74) is 3.93. The number of rotatable bonds is 4. The van der Waals surface area contributed by atoms with Gasteiger partial charge < -0.3 is 4.98 Å². The van der Waals surface area contributed by atoms with Crippen molar-refractivity contribution in [2.24, 2.45) is 5.92 Å². The van der Waals surface area contributed by atoms with E-state index in [0.717, 1.165) is 53.7 Å². The maximum atomic E-state index is 13.8. The molecule has 1 aliphatic carbocycles. The Morgan fingerprint density at radius 3 is 2.42 bits per heavy atom. The van der Waals surface area contributed by atoms with Gasteiger partial charge in [-0.25, -0.2) is 13.8 Å². The Hall–Kier alpha value is -3.08. The lowest BCUT2D eigenvalue weighted by Gasteiger charge is -2.32. The monoisotopic (exact) mass is 417 g/mol. The van der Waals surface area contributed by atoms with E-state index in [2.05, 4.69) is 27.9 Å². The smallest absolute Gasteiger partial charge is 0.123 e. The number of fused-ring (bicyclic) bond motifs is 1. The molecule has 2 aromatic heterocycles. The van der Waals surface area contributed by atoms with Gasteiger partial charge in [-0.05, 0) is 97.2 Å². The third-order valence-corrected chi connectivity index (χ3v) is 6.84. The molecule has 1 aliphatic rings. The Morgan fingerprint density at radius 2 is 1.65 bits per heavy atom. The van der Waals surface area contributed by atoms with Crippen molar-refractivity contribution >= 4 is 10.9 Å². The highest BCUT2D eigenvalue weighted by Crippen LogP contribution is 2.42. The van der Waals surface area contributed by atoms with Crippen LogP contribution in [0.15, 0.2) is 60.9 Å². The van der Waals surface area contributed by atoms with E-state index in [0.29, 0.717) is 17.8 Å². The maximum Gasteiger partial charge on any atom is 0.123 e. The highest BCUT2D eigenvalue weighted by atomic mass is 19.1. The zero-order valence-corrected chi connectivity index (χ0v) is 17.5. The van der Waals surface area contributed by atoms with Gasteiger partial charge in [-0.1, -0.05) is 6.92 Å². The van der Waals surface area contributed by atoms with Crippen molar-refractivity contribution in [3.05, 3.63) is 83.9 Å². The molecule has 0 radical (unpaired) electrons. The van der Waals surface area contributed by atoms with Gasteiger partial charge in [0.15, 0.2) is 0 Å². The van der Waals surface area contributed by atoms with Crippen LogP contribution in [0.1, 0.15) is 55.8 Å². The van der Waals surface area contributed by atoms with E-state index in [4.69, 9.17) is 0 Å². The first-order valence-electron chi connectivity index (χ1n) is 10.9. The number of hydrogen-bond acceptors (Lipinski definition) is 2. The van der Waals surface area contributed by atoms with Gasteiger partial charge in [0, 0.05) is 17.5 Å². The van der Waals surface area contributed by atoms with Crippen LogP contribution in [0, 0.1) is 17.6 Å². The van der Waals surface area contributed by atoms with E-state index in [-0.39, 0.29) is 11.6 Å². The first kappa shape index (κ1) is 19.9. The van der Waals surface area contributed by atoms with E-state index < -0.39 is 0 Å². The molecule has 0 spiro atoms. The number of nitrogens with zero attached hydrogens (tertiary/aromatic N) is 2. The number of pyridine rings is 1. The normalized spacial score (nSPS) is 20.1. The standard InChI is InChI=1S/C26H25F2N3/c1-16(26-30-15-25(31-26)19-6-8-20(27)9-7-19)17-2-4-18(5-3-17)22-12-13-29-24-11-10-21(28)14-23(22)24/h6-18H,2-5H2,1H3,(H,30,31)/t16?,17-,18+. The van der Waals surface area contributed by atoms with Crippen molar-refractivity contribution in [1.29, 1.82) is 0 Å². The average Bonchev–Trinajstić information content (AvgIpc) is 3.29. The molecular formula is C26H25F2N3. The topological polar surface area (TPSA) is 41.6 Å². The number of aromatic nitrogens is 3. The van der Waals surface area contributed by atoms with E-state index in [1.54, 1.807) is 24.3 Å². The van der Waals surface area contributed by atoms with Crippen molar-refractivity contribution in [3.8, 4) is 11.3 Å². The molecule has 1 atom stereocenters. The molecule has 31 heavy (non-hydrogen) atoms. The molecule has 0 bridgehead atoms. The summed E-state index contributed by atoms with van der Waals surface area (Å²) >= 11 is 0. The molecule has 1 saturated carbocycles. The summed E-state index contributed by atoms with van der Waals surface area (Å²) in [7, 11) is 0. The van der Waals surface area contributed by atoms with Crippen LogP contribution in [0.25, 0.3) is 22.2 Å². The lowest BCUT2D eigenvalue weighted by molar-refractivity contribution is 0.286. The second-order valence-corrected chi connectivity index (χ2v) is 8.65. The highest BCUT2D eigenvalue weighted by molar-refractivity contribution is 5.82. The molecule has 5 heteroatoms. The van der Waals surface area contributed by atoms with Crippen molar-refractivity contribution in [2.75, 3.05) is 0 Å². The molecule has 4 aromatic rings. The zero-order valence-electron chi connectivity index (χ0n) is 17.5. The van der Waals surface area contributed by atoms with Crippen LogP contribution < -0.4 is 0 Å². The van der Waals surface area contributed by atoms with Crippen LogP contribution in [0.3, 0.4) is 0 Å². The predicted molar refractivity (Wildman–Crippen MR) is 119 cm³/mol. The Kier molecular flexibility index (Phi) is 5.26. The highest BCUT2D eigenvalue weighted by Gasteiger charge is 2.29. The number of hydrogen-bond donors (Lipinski definition) is 1. The van der Waals surface area contributed by atoms with Crippen LogP contribution in [-0.2, 0) is 0 Å². The minimum Gasteiger partial charge on any atom is -0.342 e. The van der Waals surface area contributed by atoms with Crippen molar-refractivity contribution in [3.63, 3.8) is 0 Å². The van der Waals surface area contributed by atoms with E-state index in [1.165, 1.54) is 23.8 Å². The van der Waals surface area contributed by atoms with Gasteiger partial charge in [-0.2, -0.15) is 0 Å².